The van der Waals surface area contributed by atoms with E-state index >= 15 is 0 Å². The lowest BCUT2D eigenvalue weighted by molar-refractivity contribution is 0.282. The Hall–Kier alpha value is -2.81. The standard InChI is InChI=1S/C24H25BN2O4S/c25-19-5-7-21(8-6-19)31-22-9-11-23(12-10-22)32(29,30)27-15-13-20(14-16-27)26-24-4-2-1-3-18(24)17-28/h1-12,20,26,28H,13-17H2. The van der Waals surface area contributed by atoms with Crippen molar-refractivity contribution in [2.24, 2.45) is 0 Å². The molecule has 1 heterocycles. The van der Waals surface area contributed by atoms with Gasteiger partial charge in [-0.05, 0) is 55.3 Å². The Morgan fingerprint density at radius 1 is 0.938 bits per heavy atom. The van der Waals surface area contributed by atoms with Gasteiger partial charge in [0.15, 0.2) is 0 Å². The highest BCUT2D eigenvalue weighted by Crippen LogP contribution is 2.27. The van der Waals surface area contributed by atoms with Gasteiger partial charge in [-0.3, -0.25) is 0 Å². The van der Waals surface area contributed by atoms with E-state index in [4.69, 9.17) is 12.6 Å². The van der Waals surface area contributed by atoms with Gasteiger partial charge in [-0.25, -0.2) is 8.42 Å². The molecule has 6 nitrogen and oxygen atoms in total. The van der Waals surface area contributed by atoms with Crippen molar-refractivity contribution in [3.63, 3.8) is 0 Å². The van der Waals surface area contributed by atoms with Crippen LogP contribution in [0.2, 0.25) is 0 Å². The molecule has 8 heteroatoms. The third-order valence-electron chi connectivity index (χ3n) is 5.58. The lowest BCUT2D eigenvalue weighted by Crippen LogP contribution is -2.42. The molecule has 0 aliphatic carbocycles. The highest BCUT2D eigenvalue weighted by Gasteiger charge is 2.29. The fourth-order valence-electron chi connectivity index (χ4n) is 3.76. The van der Waals surface area contributed by atoms with E-state index in [2.05, 4.69) is 5.32 Å². The second-order valence-electron chi connectivity index (χ2n) is 7.78. The van der Waals surface area contributed by atoms with Gasteiger partial charge >= 0.3 is 0 Å². The molecule has 1 aliphatic heterocycles. The van der Waals surface area contributed by atoms with Gasteiger partial charge in [0.05, 0.1) is 11.5 Å². The Morgan fingerprint density at radius 3 is 2.16 bits per heavy atom. The third-order valence-corrected chi connectivity index (χ3v) is 7.49. The summed E-state index contributed by atoms with van der Waals surface area (Å²) in [4.78, 5) is 0.249. The van der Waals surface area contributed by atoms with Crippen molar-refractivity contribution < 1.29 is 18.3 Å². The molecule has 1 saturated heterocycles. The second-order valence-corrected chi connectivity index (χ2v) is 9.72. The van der Waals surface area contributed by atoms with Crippen LogP contribution in [-0.2, 0) is 16.6 Å². The third kappa shape index (κ3) is 5.15. The van der Waals surface area contributed by atoms with Gasteiger partial charge in [-0.1, -0.05) is 35.8 Å². The van der Waals surface area contributed by atoms with Crippen molar-refractivity contribution in [1.82, 2.24) is 4.31 Å². The number of hydrogen-bond acceptors (Lipinski definition) is 5. The molecule has 1 aliphatic rings. The summed E-state index contributed by atoms with van der Waals surface area (Å²) in [6, 6.07) is 21.2. The minimum Gasteiger partial charge on any atom is -0.457 e. The van der Waals surface area contributed by atoms with Crippen LogP contribution in [0.3, 0.4) is 0 Å². The number of rotatable bonds is 7. The van der Waals surface area contributed by atoms with Crippen molar-refractivity contribution in [2.45, 2.75) is 30.4 Å². The van der Waals surface area contributed by atoms with Crippen molar-refractivity contribution in [2.75, 3.05) is 18.4 Å². The first-order valence-corrected chi connectivity index (χ1v) is 12.0. The smallest absolute Gasteiger partial charge is 0.243 e. The van der Waals surface area contributed by atoms with Crippen LogP contribution in [-0.4, -0.2) is 44.8 Å². The quantitative estimate of drug-likeness (QED) is 0.544. The zero-order chi connectivity index (χ0) is 22.6. The molecule has 3 aromatic rings. The van der Waals surface area contributed by atoms with E-state index in [-0.39, 0.29) is 17.5 Å². The minimum absolute atomic E-state index is 0.0333. The van der Waals surface area contributed by atoms with E-state index in [1.165, 1.54) is 4.31 Å². The number of aliphatic hydroxyl groups is 1. The summed E-state index contributed by atoms with van der Waals surface area (Å²) in [7, 11) is 2.10. The molecule has 2 N–H and O–H groups in total. The molecule has 0 unspecified atom stereocenters. The van der Waals surface area contributed by atoms with Crippen molar-refractivity contribution in [1.29, 1.82) is 0 Å². The van der Waals surface area contributed by atoms with Crippen LogP contribution in [0.25, 0.3) is 0 Å². The lowest BCUT2D eigenvalue weighted by Gasteiger charge is -2.32. The monoisotopic (exact) mass is 448 g/mol. The summed E-state index contributed by atoms with van der Waals surface area (Å²) in [5.41, 5.74) is 2.38. The Balaban J connectivity index is 1.37. The molecule has 0 amide bonds. The van der Waals surface area contributed by atoms with Gasteiger partial charge in [0.25, 0.3) is 0 Å². The maximum atomic E-state index is 13.1. The lowest BCUT2D eigenvalue weighted by atomic mass is 9.97. The predicted molar refractivity (Wildman–Crippen MR) is 126 cm³/mol. The van der Waals surface area contributed by atoms with E-state index in [1.54, 1.807) is 48.5 Å². The van der Waals surface area contributed by atoms with Crippen LogP contribution in [0, 0.1) is 0 Å². The summed E-state index contributed by atoms with van der Waals surface area (Å²) in [5, 5.41) is 12.9. The van der Waals surface area contributed by atoms with Gasteiger partial charge in [0.2, 0.25) is 10.0 Å². The van der Waals surface area contributed by atoms with Gasteiger partial charge in [-0.15, -0.1) is 0 Å². The van der Waals surface area contributed by atoms with Crippen molar-refractivity contribution >= 4 is 29.0 Å². The number of benzene rings is 3. The molecular weight excluding hydrogens is 423 g/mol. The topological polar surface area (TPSA) is 78.9 Å². The summed E-state index contributed by atoms with van der Waals surface area (Å²) in [6.07, 6.45) is 1.38. The maximum absolute atomic E-state index is 13.1. The van der Waals surface area contributed by atoms with E-state index in [9.17, 15) is 13.5 Å². The van der Waals surface area contributed by atoms with E-state index in [0.717, 1.165) is 11.3 Å². The minimum atomic E-state index is -3.57. The SMILES string of the molecule is [B]c1ccc(Oc2ccc(S(=O)(=O)N3CCC(Nc4ccccc4CO)CC3)cc2)cc1. The molecule has 0 saturated carbocycles. The molecular formula is C24H25BN2O4S. The predicted octanol–water partition coefficient (Wildman–Crippen LogP) is 3.03. The highest BCUT2D eigenvalue weighted by atomic mass is 32.2. The summed E-state index contributed by atoms with van der Waals surface area (Å²) < 4.78 is 33.4. The first-order chi connectivity index (χ1) is 15.5. The first kappa shape index (κ1) is 22.4. The van der Waals surface area contributed by atoms with Crippen LogP contribution >= 0.6 is 0 Å². The number of piperidine rings is 1. The number of nitrogens with zero attached hydrogens (tertiary/aromatic N) is 1. The van der Waals surface area contributed by atoms with E-state index in [0.29, 0.717) is 42.9 Å². The maximum Gasteiger partial charge on any atom is 0.243 e. The van der Waals surface area contributed by atoms with Crippen molar-refractivity contribution in [3.05, 3.63) is 78.4 Å². The molecule has 0 bridgehead atoms. The first-order valence-electron chi connectivity index (χ1n) is 10.5. The van der Waals surface area contributed by atoms with E-state index < -0.39 is 10.0 Å². The Labute approximate surface area is 190 Å². The normalized spacial score (nSPS) is 15.4. The Bertz CT molecular complexity index is 1140. The molecule has 0 atom stereocenters. The zero-order valence-corrected chi connectivity index (χ0v) is 18.5. The van der Waals surface area contributed by atoms with E-state index in [1.807, 2.05) is 24.3 Å². The van der Waals surface area contributed by atoms with Crippen LogP contribution in [0.4, 0.5) is 5.69 Å². The number of para-hydroxylation sites is 1. The van der Waals surface area contributed by atoms with Gasteiger partial charge in [0, 0.05) is 30.4 Å². The van der Waals surface area contributed by atoms with Crippen molar-refractivity contribution in [3.8, 4) is 11.5 Å². The van der Waals surface area contributed by atoms with Crippen LogP contribution in [0.5, 0.6) is 11.5 Å². The number of aliphatic hydroxyl groups excluding tert-OH is 1. The molecule has 3 aromatic carbocycles. The molecule has 164 valence electrons. The fourth-order valence-corrected chi connectivity index (χ4v) is 5.23. The summed E-state index contributed by atoms with van der Waals surface area (Å²) in [6.45, 7) is 0.838. The number of nitrogens with one attached hydrogen (secondary N) is 1. The number of anilines is 1. The average molecular weight is 448 g/mol. The molecule has 1 fully saturated rings. The Morgan fingerprint density at radius 2 is 1.53 bits per heavy atom. The van der Waals surface area contributed by atoms with Crippen LogP contribution in [0.15, 0.2) is 77.7 Å². The molecule has 32 heavy (non-hydrogen) atoms. The highest BCUT2D eigenvalue weighted by molar-refractivity contribution is 7.89. The zero-order valence-electron chi connectivity index (χ0n) is 17.6. The molecule has 4 rings (SSSR count). The largest absolute Gasteiger partial charge is 0.457 e. The van der Waals surface area contributed by atoms with Crippen LogP contribution in [0.1, 0.15) is 18.4 Å². The molecule has 0 aromatic heterocycles. The Kier molecular flexibility index (Phi) is 6.84. The average Bonchev–Trinajstić information content (AvgIpc) is 2.82. The molecule has 2 radical (unpaired) electrons. The fraction of sp³-hybridized carbons (Fsp3) is 0.250. The number of hydrogen-bond donors (Lipinski definition) is 2. The number of ether oxygens (including phenoxy) is 1. The van der Waals surface area contributed by atoms with Gasteiger partial charge < -0.3 is 15.2 Å². The second kappa shape index (κ2) is 9.77. The van der Waals surface area contributed by atoms with Gasteiger partial charge in [0.1, 0.15) is 19.3 Å². The summed E-state index contributed by atoms with van der Waals surface area (Å²) in [5.74, 6) is 1.19. The number of sulfonamides is 1. The van der Waals surface area contributed by atoms with Crippen LogP contribution < -0.4 is 15.5 Å². The van der Waals surface area contributed by atoms with Gasteiger partial charge in [-0.2, -0.15) is 4.31 Å². The summed E-state index contributed by atoms with van der Waals surface area (Å²) >= 11 is 0. The molecule has 0 spiro atoms.